The summed E-state index contributed by atoms with van der Waals surface area (Å²) < 4.78 is 5.29. The molecule has 0 bridgehead atoms. The summed E-state index contributed by atoms with van der Waals surface area (Å²) in [7, 11) is 0. The van der Waals surface area contributed by atoms with Gasteiger partial charge in [-0.3, -0.25) is 4.79 Å². The molecule has 1 fully saturated rings. The van der Waals surface area contributed by atoms with Gasteiger partial charge in [0.25, 0.3) is 0 Å². The first kappa shape index (κ1) is 11.1. The minimum absolute atomic E-state index is 0.0392. The summed E-state index contributed by atoms with van der Waals surface area (Å²) in [6.07, 6.45) is 5.34. The van der Waals surface area contributed by atoms with Crippen molar-refractivity contribution in [2.75, 3.05) is 0 Å². The Bertz CT molecular complexity index is 288. The number of terminal acetylenes is 1. The van der Waals surface area contributed by atoms with Gasteiger partial charge in [-0.05, 0) is 26.2 Å². The number of carbonyl (C=O) groups excluding carboxylic acids is 1. The van der Waals surface area contributed by atoms with Crippen molar-refractivity contribution in [3.05, 3.63) is 0 Å². The van der Waals surface area contributed by atoms with Crippen LogP contribution in [0.5, 0.6) is 0 Å². The number of rotatable bonds is 1. The number of carbonyl (C=O) groups is 1. The van der Waals surface area contributed by atoms with Crippen molar-refractivity contribution in [3.8, 4) is 12.3 Å². The van der Waals surface area contributed by atoms with Crippen LogP contribution in [-0.2, 0) is 9.53 Å². The molecule has 0 aliphatic heterocycles. The molecule has 0 amide bonds. The van der Waals surface area contributed by atoms with Gasteiger partial charge in [0.2, 0.25) is 0 Å². The third-order valence-corrected chi connectivity index (χ3v) is 2.67. The molecule has 0 aromatic carbocycles. The first-order valence-corrected chi connectivity index (χ1v) is 4.89. The zero-order valence-corrected chi connectivity index (χ0v) is 9.55. The third kappa shape index (κ3) is 1.92. The van der Waals surface area contributed by atoms with E-state index >= 15 is 0 Å². The highest BCUT2D eigenvalue weighted by molar-refractivity contribution is 5.79. The Morgan fingerprint density at radius 3 is 2.21 bits per heavy atom. The second-order valence-corrected chi connectivity index (χ2v) is 5.48. The molecule has 0 saturated heterocycles. The summed E-state index contributed by atoms with van der Waals surface area (Å²) in [5.74, 6) is 2.40. The SMILES string of the molecule is C#C[C@H]1[C@@H](C(=O)OC(C)(C)C)C1(C)C. The normalized spacial score (nSPS) is 29.1. The molecular formula is C12H18O2. The predicted molar refractivity (Wildman–Crippen MR) is 55.4 cm³/mol. The standard InChI is InChI=1S/C12H18O2/c1-7-8-9(12(8,5)6)10(13)14-11(2,3)4/h1,8-9H,2-6H3/t8-,9-/m0/s1. The maximum atomic E-state index is 11.7. The number of hydrogen-bond donors (Lipinski definition) is 0. The summed E-state index contributed by atoms with van der Waals surface area (Å²) in [4.78, 5) is 11.7. The first-order chi connectivity index (χ1) is 6.20. The van der Waals surface area contributed by atoms with E-state index in [4.69, 9.17) is 11.2 Å². The lowest BCUT2D eigenvalue weighted by atomic mass is 10.1. The summed E-state index contributed by atoms with van der Waals surface area (Å²) in [5.41, 5.74) is -0.508. The molecule has 2 heteroatoms. The van der Waals surface area contributed by atoms with Crippen LogP contribution in [0.15, 0.2) is 0 Å². The molecule has 0 aromatic rings. The minimum Gasteiger partial charge on any atom is -0.460 e. The van der Waals surface area contributed by atoms with Crippen LogP contribution in [0, 0.1) is 29.6 Å². The largest absolute Gasteiger partial charge is 0.460 e. The Balaban J connectivity index is 2.63. The van der Waals surface area contributed by atoms with Crippen molar-refractivity contribution in [1.29, 1.82) is 0 Å². The Morgan fingerprint density at radius 1 is 1.43 bits per heavy atom. The molecule has 14 heavy (non-hydrogen) atoms. The van der Waals surface area contributed by atoms with Crippen molar-refractivity contribution >= 4 is 5.97 Å². The molecule has 1 saturated carbocycles. The maximum Gasteiger partial charge on any atom is 0.311 e. The second kappa shape index (κ2) is 3.02. The van der Waals surface area contributed by atoms with Crippen molar-refractivity contribution in [3.63, 3.8) is 0 Å². The van der Waals surface area contributed by atoms with Gasteiger partial charge in [-0.1, -0.05) is 13.8 Å². The van der Waals surface area contributed by atoms with E-state index in [0.717, 1.165) is 0 Å². The summed E-state index contributed by atoms with van der Waals surface area (Å²) in [5, 5.41) is 0. The fourth-order valence-electron chi connectivity index (χ4n) is 1.75. The summed E-state index contributed by atoms with van der Waals surface area (Å²) >= 11 is 0. The van der Waals surface area contributed by atoms with E-state index in [1.165, 1.54) is 0 Å². The number of hydrogen-bond acceptors (Lipinski definition) is 2. The summed E-state index contributed by atoms with van der Waals surface area (Å²) in [6, 6.07) is 0. The van der Waals surface area contributed by atoms with Crippen molar-refractivity contribution < 1.29 is 9.53 Å². The molecule has 2 nitrogen and oxygen atoms in total. The molecule has 0 heterocycles. The molecule has 78 valence electrons. The van der Waals surface area contributed by atoms with Gasteiger partial charge in [-0.2, -0.15) is 0 Å². The minimum atomic E-state index is -0.422. The average Bonchev–Trinajstić information content (AvgIpc) is 2.48. The highest BCUT2D eigenvalue weighted by Crippen LogP contribution is 2.58. The van der Waals surface area contributed by atoms with Gasteiger partial charge >= 0.3 is 5.97 Å². The van der Waals surface area contributed by atoms with E-state index in [9.17, 15) is 4.79 Å². The van der Waals surface area contributed by atoms with Gasteiger partial charge in [-0.25, -0.2) is 0 Å². The van der Waals surface area contributed by atoms with Gasteiger partial charge in [-0.15, -0.1) is 12.3 Å². The number of esters is 1. The quantitative estimate of drug-likeness (QED) is 0.472. The molecule has 0 spiro atoms. The molecule has 1 aliphatic rings. The lowest BCUT2D eigenvalue weighted by Crippen LogP contribution is -2.26. The van der Waals surface area contributed by atoms with E-state index in [1.807, 2.05) is 34.6 Å². The highest BCUT2D eigenvalue weighted by Gasteiger charge is 2.62. The predicted octanol–water partition coefficient (Wildman–Crippen LogP) is 2.23. The van der Waals surface area contributed by atoms with E-state index in [0.29, 0.717) is 0 Å². The van der Waals surface area contributed by atoms with Gasteiger partial charge in [0, 0.05) is 5.92 Å². The van der Waals surface area contributed by atoms with Crippen LogP contribution in [0.25, 0.3) is 0 Å². The van der Waals surface area contributed by atoms with E-state index < -0.39 is 5.60 Å². The van der Waals surface area contributed by atoms with Gasteiger partial charge < -0.3 is 4.74 Å². The Hall–Kier alpha value is -0.970. The lowest BCUT2D eigenvalue weighted by Gasteiger charge is -2.19. The van der Waals surface area contributed by atoms with Gasteiger partial charge in [0.1, 0.15) is 5.60 Å². The van der Waals surface area contributed by atoms with Crippen molar-refractivity contribution in [2.45, 2.75) is 40.2 Å². The summed E-state index contributed by atoms with van der Waals surface area (Å²) in [6.45, 7) is 9.61. The maximum absolute atomic E-state index is 11.7. The Morgan fingerprint density at radius 2 is 1.93 bits per heavy atom. The average molecular weight is 194 g/mol. The molecule has 0 radical (unpaired) electrons. The fraction of sp³-hybridized carbons (Fsp3) is 0.750. The molecule has 2 atom stereocenters. The van der Waals surface area contributed by atoms with E-state index in [2.05, 4.69) is 5.92 Å². The van der Waals surface area contributed by atoms with Crippen molar-refractivity contribution in [2.24, 2.45) is 17.3 Å². The van der Waals surface area contributed by atoms with Crippen LogP contribution in [0.3, 0.4) is 0 Å². The van der Waals surface area contributed by atoms with E-state index in [1.54, 1.807) is 0 Å². The monoisotopic (exact) mass is 194 g/mol. The molecule has 1 rings (SSSR count). The van der Waals surface area contributed by atoms with Gasteiger partial charge in [0.15, 0.2) is 0 Å². The first-order valence-electron chi connectivity index (χ1n) is 4.89. The highest BCUT2D eigenvalue weighted by atomic mass is 16.6. The molecular weight excluding hydrogens is 176 g/mol. The van der Waals surface area contributed by atoms with Crippen LogP contribution in [0.1, 0.15) is 34.6 Å². The van der Waals surface area contributed by atoms with Crippen LogP contribution in [0.2, 0.25) is 0 Å². The Labute approximate surface area is 86.0 Å². The fourth-order valence-corrected chi connectivity index (χ4v) is 1.75. The molecule has 0 aromatic heterocycles. The number of ether oxygens (including phenoxy) is 1. The zero-order valence-electron chi connectivity index (χ0n) is 9.55. The molecule has 1 aliphatic carbocycles. The second-order valence-electron chi connectivity index (χ2n) is 5.48. The van der Waals surface area contributed by atoms with E-state index in [-0.39, 0.29) is 23.2 Å². The Kier molecular flexibility index (Phi) is 2.39. The molecule has 0 unspecified atom stereocenters. The smallest absolute Gasteiger partial charge is 0.311 e. The van der Waals surface area contributed by atoms with Crippen molar-refractivity contribution in [1.82, 2.24) is 0 Å². The van der Waals surface area contributed by atoms with Crippen LogP contribution >= 0.6 is 0 Å². The third-order valence-electron chi connectivity index (χ3n) is 2.67. The van der Waals surface area contributed by atoms with Crippen LogP contribution in [-0.4, -0.2) is 11.6 Å². The topological polar surface area (TPSA) is 26.3 Å². The van der Waals surface area contributed by atoms with Crippen LogP contribution in [0.4, 0.5) is 0 Å². The lowest BCUT2D eigenvalue weighted by molar-refractivity contribution is -0.157. The zero-order chi connectivity index (χ0) is 11.1. The van der Waals surface area contributed by atoms with Crippen LogP contribution < -0.4 is 0 Å². The molecule has 0 N–H and O–H groups in total. The van der Waals surface area contributed by atoms with Gasteiger partial charge in [0.05, 0.1) is 5.92 Å².